The Balaban J connectivity index is 3.57. The predicted molar refractivity (Wildman–Crippen MR) is 34.3 cm³/mol. The lowest BCUT2D eigenvalue weighted by atomic mass is 10.2. The second-order valence-corrected chi connectivity index (χ2v) is 2.09. The summed E-state index contributed by atoms with van der Waals surface area (Å²) in [4.78, 5) is 10.4. The van der Waals surface area contributed by atoms with E-state index in [2.05, 4.69) is 4.74 Å². The molecule has 0 rings (SSSR count). The predicted octanol–water partition coefficient (Wildman–Crippen LogP) is -0.709. The molecule has 0 saturated heterocycles. The maximum atomic E-state index is 10.4. The van der Waals surface area contributed by atoms with Gasteiger partial charge in [-0.25, -0.2) is 0 Å². The first-order valence-electron chi connectivity index (χ1n) is 3.01. The molecule has 0 spiro atoms. The molecule has 4 heteroatoms. The van der Waals surface area contributed by atoms with E-state index in [4.69, 9.17) is 10.2 Å². The topological polar surface area (TPSA) is 66.8 Å². The first-order valence-corrected chi connectivity index (χ1v) is 3.01. The number of hydrogen-bond acceptors (Lipinski definition) is 4. The molecule has 60 valence electrons. The van der Waals surface area contributed by atoms with E-state index in [1.807, 2.05) is 0 Å². The third kappa shape index (κ3) is 3.42. The number of carbonyl (C=O) groups excluding carboxylic acids is 1. The molecule has 0 aromatic heterocycles. The second kappa shape index (κ2) is 4.24. The van der Waals surface area contributed by atoms with E-state index in [1.165, 1.54) is 14.0 Å². The molecule has 2 unspecified atom stereocenters. The van der Waals surface area contributed by atoms with Gasteiger partial charge < -0.3 is 14.9 Å². The van der Waals surface area contributed by atoms with E-state index < -0.39 is 18.2 Å². The first-order chi connectivity index (χ1) is 4.57. The van der Waals surface area contributed by atoms with Crippen LogP contribution in [0.3, 0.4) is 0 Å². The van der Waals surface area contributed by atoms with Gasteiger partial charge in [-0.2, -0.15) is 0 Å². The lowest BCUT2D eigenvalue weighted by Gasteiger charge is -2.10. The zero-order chi connectivity index (χ0) is 8.15. The fourth-order valence-corrected chi connectivity index (χ4v) is 0.425. The quantitative estimate of drug-likeness (QED) is 0.519. The van der Waals surface area contributed by atoms with Crippen molar-refractivity contribution in [3.8, 4) is 0 Å². The lowest BCUT2D eigenvalue weighted by Crippen LogP contribution is -2.25. The van der Waals surface area contributed by atoms with Crippen molar-refractivity contribution in [2.24, 2.45) is 0 Å². The lowest BCUT2D eigenvalue weighted by molar-refractivity contribution is -0.144. The van der Waals surface area contributed by atoms with Gasteiger partial charge in [0.1, 0.15) is 0 Å². The largest absolute Gasteiger partial charge is 0.469 e. The number of hydrogen-bond donors (Lipinski definition) is 2. The first kappa shape index (κ1) is 9.39. The third-order valence-corrected chi connectivity index (χ3v) is 1.16. The summed E-state index contributed by atoms with van der Waals surface area (Å²) in [5, 5.41) is 17.6. The molecule has 0 saturated carbocycles. The molecular formula is C6H12O4. The highest BCUT2D eigenvalue weighted by Gasteiger charge is 2.15. The summed E-state index contributed by atoms with van der Waals surface area (Å²) in [6.07, 6.45) is -2.07. The minimum atomic E-state index is -1.02. The highest BCUT2D eigenvalue weighted by Crippen LogP contribution is 1.98. The SMILES string of the molecule is COC(=O)CC(O)C(C)O. The van der Waals surface area contributed by atoms with Crippen molar-refractivity contribution in [2.75, 3.05) is 7.11 Å². The van der Waals surface area contributed by atoms with Gasteiger partial charge >= 0.3 is 5.97 Å². The van der Waals surface area contributed by atoms with Crippen LogP contribution in [0, 0.1) is 0 Å². The highest BCUT2D eigenvalue weighted by atomic mass is 16.5. The summed E-state index contributed by atoms with van der Waals surface area (Å²) >= 11 is 0. The number of ether oxygens (including phenoxy) is 1. The van der Waals surface area contributed by atoms with Crippen molar-refractivity contribution in [1.82, 2.24) is 0 Å². The van der Waals surface area contributed by atoms with Gasteiger partial charge in [-0.15, -0.1) is 0 Å². The van der Waals surface area contributed by atoms with Crippen molar-refractivity contribution in [1.29, 1.82) is 0 Å². The van der Waals surface area contributed by atoms with Crippen LogP contribution in [0.2, 0.25) is 0 Å². The van der Waals surface area contributed by atoms with E-state index in [0.717, 1.165) is 0 Å². The summed E-state index contributed by atoms with van der Waals surface area (Å²) < 4.78 is 4.26. The van der Waals surface area contributed by atoms with Crippen LogP contribution >= 0.6 is 0 Å². The van der Waals surface area contributed by atoms with Crippen LogP contribution in [0.5, 0.6) is 0 Å². The van der Waals surface area contributed by atoms with E-state index in [-0.39, 0.29) is 6.42 Å². The molecule has 0 aliphatic rings. The van der Waals surface area contributed by atoms with E-state index in [0.29, 0.717) is 0 Å². The van der Waals surface area contributed by atoms with Crippen LogP contribution in [0.25, 0.3) is 0 Å². The molecular weight excluding hydrogens is 136 g/mol. The Kier molecular flexibility index (Phi) is 3.99. The van der Waals surface area contributed by atoms with Crippen LogP contribution in [-0.4, -0.2) is 35.5 Å². The molecule has 0 fully saturated rings. The van der Waals surface area contributed by atoms with Gasteiger partial charge in [-0.3, -0.25) is 4.79 Å². The molecule has 0 radical (unpaired) electrons. The zero-order valence-electron chi connectivity index (χ0n) is 6.07. The third-order valence-electron chi connectivity index (χ3n) is 1.16. The van der Waals surface area contributed by atoms with Gasteiger partial charge in [-0.1, -0.05) is 0 Å². The normalized spacial score (nSPS) is 16.0. The monoisotopic (exact) mass is 148 g/mol. The van der Waals surface area contributed by atoms with Gasteiger partial charge in [0.15, 0.2) is 0 Å². The molecule has 0 aliphatic heterocycles. The Morgan fingerprint density at radius 2 is 2.10 bits per heavy atom. The van der Waals surface area contributed by atoms with Crippen molar-refractivity contribution < 1.29 is 19.7 Å². The molecule has 0 heterocycles. The molecule has 0 aromatic carbocycles. The molecule has 2 atom stereocenters. The van der Waals surface area contributed by atoms with Crippen molar-refractivity contribution >= 4 is 5.97 Å². The highest BCUT2D eigenvalue weighted by molar-refractivity contribution is 5.69. The smallest absolute Gasteiger partial charge is 0.308 e. The molecule has 4 nitrogen and oxygen atoms in total. The van der Waals surface area contributed by atoms with Crippen molar-refractivity contribution in [2.45, 2.75) is 25.6 Å². The fourth-order valence-electron chi connectivity index (χ4n) is 0.425. The molecule has 0 amide bonds. The number of carbonyl (C=O) groups is 1. The Morgan fingerprint density at radius 1 is 1.60 bits per heavy atom. The van der Waals surface area contributed by atoms with Gasteiger partial charge in [0.25, 0.3) is 0 Å². The summed E-state index contributed by atoms with van der Waals surface area (Å²) in [6.45, 7) is 1.41. The summed E-state index contributed by atoms with van der Waals surface area (Å²) in [5.41, 5.74) is 0. The van der Waals surface area contributed by atoms with E-state index >= 15 is 0 Å². The second-order valence-electron chi connectivity index (χ2n) is 2.09. The molecule has 0 bridgehead atoms. The average Bonchev–Trinajstić information content (AvgIpc) is 1.87. The van der Waals surface area contributed by atoms with Gasteiger partial charge in [-0.05, 0) is 6.92 Å². The molecule has 2 N–H and O–H groups in total. The number of aliphatic hydroxyl groups is 2. The van der Waals surface area contributed by atoms with Crippen LogP contribution in [-0.2, 0) is 9.53 Å². The van der Waals surface area contributed by atoms with Crippen LogP contribution in [0.15, 0.2) is 0 Å². The standard InChI is InChI=1S/C6H12O4/c1-4(7)5(8)3-6(9)10-2/h4-5,7-8H,3H2,1-2H3. The van der Waals surface area contributed by atoms with Gasteiger partial charge in [0, 0.05) is 0 Å². The Bertz CT molecular complexity index is 110. The Morgan fingerprint density at radius 3 is 2.40 bits per heavy atom. The maximum absolute atomic E-state index is 10.4. The summed E-state index contributed by atoms with van der Waals surface area (Å²) in [7, 11) is 1.23. The minimum absolute atomic E-state index is 0.159. The number of rotatable bonds is 3. The summed E-state index contributed by atoms with van der Waals surface area (Å²) in [6, 6.07) is 0. The molecule has 10 heavy (non-hydrogen) atoms. The summed E-state index contributed by atoms with van der Waals surface area (Å²) in [5.74, 6) is -0.520. The molecule has 0 aliphatic carbocycles. The van der Waals surface area contributed by atoms with Gasteiger partial charge in [0.2, 0.25) is 0 Å². The van der Waals surface area contributed by atoms with Crippen molar-refractivity contribution in [3.05, 3.63) is 0 Å². The van der Waals surface area contributed by atoms with Crippen molar-refractivity contribution in [3.63, 3.8) is 0 Å². The number of methoxy groups -OCH3 is 1. The van der Waals surface area contributed by atoms with Crippen LogP contribution in [0.1, 0.15) is 13.3 Å². The zero-order valence-corrected chi connectivity index (χ0v) is 6.07. The Hall–Kier alpha value is -0.610. The number of aliphatic hydroxyl groups excluding tert-OH is 2. The number of esters is 1. The van der Waals surface area contributed by atoms with Crippen LogP contribution < -0.4 is 0 Å². The van der Waals surface area contributed by atoms with E-state index in [9.17, 15) is 4.79 Å². The molecule has 0 aromatic rings. The fraction of sp³-hybridized carbons (Fsp3) is 0.833. The minimum Gasteiger partial charge on any atom is -0.469 e. The van der Waals surface area contributed by atoms with Crippen LogP contribution in [0.4, 0.5) is 0 Å². The maximum Gasteiger partial charge on any atom is 0.308 e. The van der Waals surface area contributed by atoms with E-state index in [1.54, 1.807) is 0 Å². The average molecular weight is 148 g/mol. The van der Waals surface area contributed by atoms with Gasteiger partial charge in [0.05, 0.1) is 25.7 Å². The Labute approximate surface area is 59.4 Å².